The first-order valence-corrected chi connectivity index (χ1v) is 27.6. The second-order valence-corrected chi connectivity index (χ2v) is 23.6. The molecule has 0 bridgehead atoms. The number of ether oxygens (including phenoxy) is 4. The summed E-state index contributed by atoms with van der Waals surface area (Å²) < 4.78 is 72.7. The maximum atomic E-state index is 17.5. The summed E-state index contributed by atoms with van der Waals surface area (Å²) in [5.41, 5.74) is 0.590. The summed E-state index contributed by atoms with van der Waals surface area (Å²) in [6.07, 6.45) is 7.33. The largest absolute Gasteiger partial charge is 0.468 e. The van der Waals surface area contributed by atoms with E-state index in [1.807, 2.05) is 30.0 Å². The molecule has 12 rings (SSSR count). The summed E-state index contributed by atoms with van der Waals surface area (Å²) in [5, 5.41) is 15.1. The zero-order valence-corrected chi connectivity index (χ0v) is 44.7. The van der Waals surface area contributed by atoms with Gasteiger partial charge in [0.1, 0.15) is 45.9 Å². The van der Waals surface area contributed by atoms with Crippen molar-refractivity contribution in [3.63, 3.8) is 0 Å². The van der Waals surface area contributed by atoms with Crippen molar-refractivity contribution in [3.8, 4) is 23.0 Å². The second kappa shape index (κ2) is 20.5. The van der Waals surface area contributed by atoms with E-state index < -0.39 is 34.9 Å². The molecule has 2 N–H and O–H groups in total. The Bertz CT molecular complexity index is 3170. The van der Waals surface area contributed by atoms with E-state index in [1.54, 1.807) is 30.0 Å². The first-order chi connectivity index (χ1) is 37.5. The molecule has 1 spiro atoms. The summed E-state index contributed by atoms with van der Waals surface area (Å²) in [6, 6.07) is 11.6. The molecule has 414 valence electrons. The Morgan fingerprint density at radius 1 is 0.885 bits per heavy atom. The molecule has 2 atom stereocenters. The average molecular weight is 1080 g/mol. The monoisotopic (exact) mass is 1080 g/mol. The van der Waals surface area contributed by atoms with Gasteiger partial charge in [-0.15, -0.1) is 0 Å². The number of pyridine rings is 1. The molecule has 4 saturated heterocycles. The minimum atomic E-state index is -1.22. The van der Waals surface area contributed by atoms with Crippen molar-refractivity contribution in [2.24, 2.45) is 10.8 Å². The molecule has 0 unspecified atom stereocenters. The molecule has 17 nitrogen and oxygen atoms in total. The molecule has 20 heteroatoms. The number of nitrogens with zero attached hydrogens (tertiary/aromatic N) is 8. The number of benzene rings is 3. The van der Waals surface area contributed by atoms with E-state index >= 15 is 13.2 Å². The van der Waals surface area contributed by atoms with Gasteiger partial charge in [-0.25, -0.2) is 13.2 Å². The number of alkyl halides is 1. The molecule has 78 heavy (non-hydrogen) atoms. The van der Waals surface area contributed by atoms with Crippen LogP contribution >= 0.6 is 0 Å². The normalized spacial score (nSPS) is 24.1. The summed E-state index contributed by atoms with van der Waals surface area (Å²) in [6.45, 7) is 11.0. The number of hydrogen-bond donors (Lipinski definition) is 2. The van der Waals surface area contributed by atoms with Crippen molar-refractivity contribution in [2.75, 3.05) is 109 Å². The highest BCUT2D eigenvalue weighted by Gasteiger charge is 2.57. The van der Waals surface area contributed by atoms with Crippen molar-refractivity contribution in [2.45, 2.75) is 95.5 Å². The Morgan fingerprint density at radius 2 is 1.67 bits per heavy atom. The number of anilines is 2. The molecule has 5 aromatic rings. The molecule has 7 aliphatic rings. The van der Waals surface area contributed by atoms with Crippen molar-refractivity contribution in [3.05, 3.63) is 77.0 Å². The Morgan fingerprint density at radius 3 is 2.41 bits per heavy atom. The van der Waals surface area contributed by atoms with Crippen LogP contribution < -0.4 is 24.6 Å². The van der Waals surface area contributed by atoms with Crippen LogP contribution in [0.4, 0.5) is 24.7 Å². The lowest BCUT2D eigenvalue weighted by molar-refractivity contribution is -0.136. The van der Waals surface area contributed by atoms with E-state index in [2.05, 4.69) is 25.0 Å². The third kappa shape index (κ3) is 10.2. The molecule has 0 radical (unpaired) electrons. The van der Waals surface area contributed by atoms with Crippen LogP contribution in [0.3, 0.4) is 0 Å². The quantitative estimate of drug-likeness (QED) is 0.0849. The second-order valence-electron chi connectivity index (χ2n) is 23.6. The fourth-order valence-corrected chi connectivity index (χ4v) is 13.4. The predicted molar refractivity (Wildman–Crippen MR) is 285 cm³/mol. The van der Waals surface area contributed by atoms with Gasteiger partial charge in [0.15, 0.2) is 12.6 Å². The standard InChI is InChI=1S/C58H68F3N9O8/c1-4-40-44(59)8-5-36-24-39(78-35-75-3)25-42(47(36)40)49-48(60)50-43(26-62-49)51(69-21-22-76-33-55(2,74)30-69)65-54(64-50)77-34-57(11-12-57)31-66-15-13-56(14-16-66)28-58(61,29-56)32-67-17-19-68(20-18-67)38-6-7-41-37(23-38)27-70(53(41)73)45-9-10-46(71)63-52(45)72/h5-8,23-26,45,74H,4,9-22,27-35H2,1-3H3,(H,63,71,72)/t45-,55-/m0/s1. The number of aryl methyl sites for hydroxylation is 1. The van der Waals surface area contributed by atoms with E-state index in [9.17, 15) is 19.5 Å². The molecule has 3 aromatic carbocycles. The Kier molecular flexibility index (Phi) is 13.8. The average Bonchev–Trinajstić information content (AvgIpc) is 4.28. The Balaban J connectivity index is 0.684. The van der Waals surface area contributed by atoms with Gasteiger partial charge in [0.2, 0.25) is 11.8 Å². The van der Waals surface area contributed by atoms with Gasteiger partial charge >= 0.3 is 6.01 Å². The highest BCUT2D eigenvalue weighted by Crippen LogP contribution is 2.58. The number of likely N-dealkylation sites (tertiary alicyclic amines) is 1. The van der Waals surface area contributed by atoms with Gasteiger partial charge in [0, 0.05) is 94.3 Å². The van der Waals surface area contributed by atoms with Crippen LogP contribution in [0, 0.1) is 22.5 Å². The van der Waals surface area contributed by atoms with Crippen molar-refractivity contribution < 1.29 is 51.6 Å². The molecule has 3 amide bonds. The number of carbonyl (C=O) groups is 3. The predicted octanol–water partition coefficient (Wildman–Crippen LogP) is 6.58. The number of hydrogen-bond acceptors (Lipinski definition) is 15. The van der Waals surface area contributed by atoms with Gasteiger partial charge in [0.25, 0.3) is 5.91 Å². The number of rotatable bonds is 15. The minimum absolute atomic E-state index is 0.000681. The fraction of sp³-hybridized carbons (Fsp3) is 0.552. The van der Waals surface area contributed by atoms with Gasteiger partial charge in [-0.2, -0.15) is 9.97 Å². The van der Waals surface area contributed by atoms with Crippen LogP contribution in [0.15, 0.2) is 48.7 Å². The maximum Gasteiger partial charge on any atom is 0.319 e. The number of fused-ring (bicyclic) bond motifs is 3. The smallest absolute Gasteiger partial charge is 0.319 e. The zero-order valence-electron chi connectivity index (χ0n) is 44.7. The number of aromatic nitrogens is 3. The van der Waals surface area contributed by atoms with E-state index in [0.717, 1.165) is 82.7 Å². The number of nitrogens with one attached hydrogen (secondary N) is 1. The van der Waals surface area contributed by atoms with E-state index in [-0.39, 0.29) is 66.2 Å². The number of imide groups is 1. The van der Waals surface area contributed by atoms with Crippen molar-refractivity contribution >= 4 is 50.9 Å². The lowest BCUT2D eigenvalue weighted by atomic mass is 9.55. The molecule has 2 saturated carbocycles. The third-order valence-corrected chi connectivity index (χ3v) is 17.6. The number of aliphatic hydroxyl groups is 1. The highest BCUT2D eigenvalue weighted by atomic mass is 19.1. The first kappa shape index (κ1) is 52.5. The van der Waals surface area contributed by atoms with Crippen molar-refractivity contribution in [1.29, 1.82) is 0 Å². The lowest BCUT2D eigenvalue weighted by Gasteiger charge is -2.57. The van der Waals surface area contributed by atoms with Crippen LogP contribution in [-0.2, 0) is 32.0 Å². The molecular weight excluding hydrogens is 1010 g/mol. The number of piperidine rings is 2. The summed E-state index contributed by atoms with van der Waals surface area (Å²) >= 11 is 0. The molecule has 5 aliphatic heterocycles. The summed E-state index contributed by atoms with van der Waals surface area (Å²) in [5.74, 6) is -1.30. The van der Waals surface area contributed by atoms with Gasteiger partial charge in [-0.1, -0.05) is 13.0 Å². The molecular formula is C58H68F3N9O8. The molecule has 2 aromatic heterocycles. The third-order valence-electron chi connectivity index (χ3n) is 17.6. The van der Waals surface area contributed by atoms with E-state index in [0.29, 0.717) is 103 Å². The minimum Gasteiger partial charge on any atom is -0.468 e. The maximum absolute atomic E-state index is 17.5. The van der Waals surface area contributed by atoms with Crippen LogP contribution in [-0.4, -0.2) is 169 Å². The SMILES string of the molecule is CCc1c(F)ccc2cc(OCOC)cc(-c3ncc4c(N5CCOC[C@@](C)(O)C5)nc(OCC5(CN6CCC7(CC6)CC(F)(CN6CCN(c8ccc9c(c8)CN([C@H]8CCC(=O)NC8=O)C9=O)CC6)C7)CC5)nc4c3F)c12. The van der Waals surface area contributed by atoms with Gasteiger partial charge in [-0.05, 0) is 135 Å². The summed E-state index contributed by atoms with van der Waals surface area (Å²) in [7, 11) is 1.50. The van der Waals surface area contributed by atoms with Crippen molar-refractivity contribution in [1.82, 2.24) is 35.0 Å². The van der Waals surface area contributed by atoms with Gasteiger partial charge in [0.05, 0.1) is 31.8 Å². The topological polar surface area (TPSA) is 175 Å². The molecule has 6 fully saturated rings. The Hall–Kier alpha value is -6.19. The fourth-order valence-electron chi connectivity index (χ4n) is 13.4. The zero-order chi connectivity index (χ0) is 54.1. The Labute approximate surface area is 451 Å². The summed E-state index contributed by atoms with van der Waals surface area (Å²) in [4.78, 5) is 62.2. The van der Waals surface area contributed by atoms with E-state index in [1.165, 1.54) is 19.4 Å². The van der Waals surface area contributed by atoms with Crippen LogP contribution in [0.1, 0.15) is 86.7 Å². The number of amides is 3. The lowest BCUT2D eigenvalue weighted by Crippen LogP contribution is -2.60. The number of halogens is 3. The number of methoxy groups -OCH3 is 1. The number of β-amino-alcohol motifs (C(OH)–C–C–N with tert-alkyl or cyclic N) is 1. The molecule has 7 heterocycles. The molecule has 2 aliphatic carbocycles. The highest BCUT2D eigenvalue weighted by molar-refractivity contribution is 6.06. The van der Waals surface area contributed by atoms with Gasteiger partial charge < -0.3 is 43.7 Å². The van der Waals surface area contributed by atoms with Crippen LogP contribution in [0.25, 0.3) is 32.9 Å². The van der Waals surface area contributed by atoms with Gasteiger partial charge in [-0.3, -0.25) is 29.6 Å². The van der Waals surface area contributed by atoms with Crippen LogP contribution in [0.5, 0.6) is 11.8 Å². The van der Waals surface area contributed by atoms with E-state index in [4.69, 9.17) is 28.9 Å². The number of piperazine rings is 1. The number of carbonyl (C=O) groups excluding carboxylic acids is 3. The van der Waals surface area contributed by atoms with Crippen LogP contribution in [0.2, 0.25) is 0 Å². The first-order valence-electron chi connectivity index (χ1n) is 27.6.